The van der Waals surface area contributed by atoms with E-state index in [1.54, 1.807) is 10.9 Å². The lowest BCUT2D eigenvalue weighted by molar-refractivity contribution is 0.590. The highest BCUT2D eigenvalue weighted by atomic mass is 16.3. The molecule has 0 aliphatic heterocycles. The van der Waals surface area contributed by atoms with Crippen molar-refractivity contribution in [3.63, 3.8) is 0 Å². The Kier molecular flexibility index (Phi) is 3.01. The van der Waals surface area contributed by atoms with Crippen LogP contribution < -0.4 is 0 Å². The molecule has 5 heteroatoms. The van der Waals surface area contributed by atoms with Crippen LogP contribution in [0.2, 0.25) is 0 Å². The summed E-state index contributed by atoms with van der Waals surface area (Å²) in [5.74, 6) is 0.599. The predicted octanol–water partition coefficient (Wildman–Crippen LogP) is 3.58. The quantitative estimate of drug-likeness (QED) is 0.578. The summed E-state index contributed by atoms with van der Waals surface area (Å²) in [4.78, 5) is 4.41. The van der Waals surface area contributed by atoms with Crippen molar-refractivity contribution in [2.24, 2.45) is 0 Å². The Morgan fingerprint density at radius 3 is 2.59 bits per heavy atom. The van der Waals surface area contributed by atoms with Crippen LogP contribution in [-0.2, 0) is 0 Å². The molecule has 106 valence electrons. The number of para-hydroxylation sites is 2. The number of rotatable bonds is 3. The summed E-state index contributed by atoms with van der Waals surface area (Å²) in [7, 11) is 0. The highest BCUT2D eigenvalue weighted by Gasteiger charge is 2.01. The fourth-order valence-corrected chi connectivity index (χ4v) is 2.21. The molecule has 0 saturated heterocycles. The van der Waals surface area contributed by atoms with Crippen molar-refractivity contribution < 1.29 is 4.42 Å². The summed E-state index contributed by atoms with van der Waals surface area (Å²) in [6.45, 7) is 0. The molecular weight excluding hydrogens is 276 g/mol. The van der Waals surface area contributed by atoms with Crippen molar-refractivity contribution in [1.82, 2.24) is 20.0 Å². The minimum Gasteiger partial charge on any atom is -0.437 e. The van der Waals surface area contributed by atoms with Gasteiger partial charge < -0.3 is 4.42 Å². The Labute approximate surface area is 126 Å². The molecule has 4 aromatic rings. The summed E-state index contributed by atoms with van der Waals surface area (Å²) in [6, 6.07) is 15.7. The minimum atomic E-state index is 0.599. The minimum absolute atomic E-state index is 0.599. The topological polar surface area (TPSA) is 56.7 Å². The van der Waals surface area contributed by atoms with Crippen LogP contribution in [-0.4, -0.2) is 20.0 Å². The van der Waals surface area contributed by atoms with E-state index in [-0.39, 0.29) is 0 Å². The van der Waals surface area contributed by atoms with Crippen molar-refractivity contribution in [3.8, 4) is 5.69 Å². The second kappa shape index (κ2) is 5.29. The number of benzene rings is 2. The van der Waals surface area contributed by atoms with Crippen LogP contribution in [0.5, 0.6) is 0 Å². The van der Waals surface area contributed by atoms with Gasteiger partial charge in [0.05, 0.1) is 18.1 Å². The zero-order chi connectivity index (χ0) is 14.8. The fraction of sp³-hybridized carbons (Fsp3) is 0. The van der Waals surface area contributed by atoms with Crippen LogP contribution in [0.25, 0.3) is 28.9 Å². The second-order valence-electron chi connectivity index (χ2n) is 4.79. The van der Waals surface area contributed by atoms with Crippen LogP contribution in [0.4, 0.5) is 0 Å². The van der Waals surface area contributed by atoms with E-state index in [9.17, 15) is 0 Å². The fourth-order valence-electron chi connectivity index (χ4n) is 2.21. The lowest BCUT2D eigenvalue weighted by atomic mass is 10.2. The molecular formula is C17H12N4O. The molecule has 0 bridgehead atoms. The molecule has 0 N–H and O–H groups in total. The van der Waals surface area contributed by atoms with Crippen LogP contribution in [0, 0.1) is 0 Å². The number of fused-ring (bicyclic) bond motifs is 1. The molecule has 0 amide bonds. The Balaban J connectivity index is 1.57. The van der Waals surface area contributed by atoms with Crippen molar-refractivity contribution in [2.75, 3.05) is 0 Å². The summed E-state index contributed by atoms with van der Waals surface area (Å²) in [5.41, 5.74) is 3.69. The maximum Gasteiger partial charge on any atom is 0.220 e. The third kappa shape index (κ3) is 2.40. The second-order valence-corrected chi connectivity index (χ2v) is 4.79. The van der Waals surface area contributed by atoms with Crippen molar-refractivity contribution >= 4 is 23.3 Å². The zero-order valence-corrected chi connectivity index (χ0v) is 11.6. The van der Waals surface area contributed by atoms with Gasteiger partial charge in [0.2, 0.25) is 5.89 Å². The molecule has 0 saturated carbocycles. The van der Waals surface area contributed by atoms with E-state index in [1.807, 2.05) is 66.9 Å². The molecule has 0 aliphatic rings. The lowest BCUT2D eigenvalue weighted by Gasteiger charge is -1.99. The monoisotopic (exact) mass is 288 g/mol. The third-order valence-corrected chi connectivity index (χ3v) is 3.31. The van der Waals surface area contributed by atoms with Gasteiger partial charge in [-0.2, -0.15) is 0 Å². The summed E-state index contributed by atoms with van der Waals surface area (Å²) < 4.78 is 7.37. The first-order valence-electron chi connectivity index (χ1n) is 6.89. The number of aromatic nitrogens is 4. The van der Waals surface area contributed by atoms with Crippen LogP contribution in [0.15, 0.2) is 65.3 Å². The average Bonchev–Trinajstić information content (AvgIpc) is 3.22. The van der Waals surface area contributed by atoms with E-state index in [0.717, 1.165) is 22.4 Å². The van der Waals surface area contributed by atoms with Gasteiger partial charge in [0, 0.05) is 6.08 Å². The summed E-state index contributed by atoms with van der Waals surface area (Å²) in [6.07, 6.45) is 7.30. The van der Waals surface area contributed by atoms with Gasteiger partial charge >= 0.3 is 0 Å². The first-order valence-corrected chi connectivity index (χ1v) is 6.89. The van der Waals surface area contributed by atoms with Gasteiger partial charge in [-0.25, -0.2) is 9.67 Å². The Morgan fingerprint density at radius 1 is 0.955 bits per heavy atom. The molecule has 0 radical (unpaired) electrons. The average molecular weight is 288 g/mol. The number of oxazole rings is 1. The van der Waals surface area contributed by atoms with E-state index in [2.05, 4.69) is 15.3 Å². The first kappa shape index (κ1) is 12.5. The molecule has 0 spiro atoms. The van der Waals surface area contributed by atoms with Gasteiger partial charge in [-0.1, -0.05) is 29.5 Å². The maximum atomic E-state index is 5.65. The van der Waals surface area contributed by atoms with E-state index in [0.29, 0.717) is 5.89 Å². The SMILES string of the molecule is C(=C/c1nc2ccccc2o1)/c1ccc(-n2ccnn2)cc1. The maximum absolute atomic E-state index is 5.65. The van der Waals surface area contributed by atoms with Gasteiger partial charge in [0.15, 0.2) is 5.58 Å². The normalized spacial score (nSPS) is 11.5. The Bertz CT molecular complexity index is 888. The Morgan fingerprint density at radius 2 is 1.82 bits per heavy atom. The van der Waals surface area contributed by atoms with Gasteiger partial charge in [0.25, 0.3) is 0 Å². The zero-order valence-electron chi connectivity index (χ0n) is 11.6. The number of hydrogen-bond acceptors (Lipinski definition) is 4. The molecule has 0 atom stereocenters. The highest BCUT2D eigenvalue weighted by Crippen LogP contribution is 2.17. The molecule has 0 fully saturated rings. The summed E-state index contributed by atoms with van der Waals surface area (Å²) in [5, 5.41) is 7.75. The predicted molar refractivity (Wildman–Crippen MR) is 84.3 cm³/mol. The van der Waals surface area contributed by atoms with Crippen molar-refractivity contribution in [2.45, 2.75) is 0 Å². The van der Waals surface area contributed by atoms with Crippen LogP contribution >= 0.6 is 0 Å². The van der Waals surface area contributed by atoms with Crippen molar-refractivity contribution in [3.05, 3.63) is 72.4 Å². The van der Waals surface area contributed by atoms with E-state index >= 15 is 0 Å². The molecule has 2 aromatic carbocycles. The molecule has 2 heterocycles. The summed E-state index contributed by atoms with van der Waals surface area (Å²) >= 11 is 0. The highest BCUT2D eigenvalue weighted by molar-refractivity contribution is 5.75. The van der Waals surface area contributed by atoms with Crippen LogP contribution in [0.1, 0.15) is 11.5 Å². The smallest absolute Gasteiger partial charge is 0.220 e. The van der Waals surface area contributed by atoms with Gasteiger partial charge in [0.1, 0.15) is 5.52 Å². The standard InChI is InChI=1S/C17H12N4O/c1-2-4-16-15(3-1)19-17(22-16)10-7-13-5-8-14(9-6-13)21-12-11-18-20-21/h1-12H/b10-7-. The number of hydrogen-bond donors (Lipinski definition) is 0. The Hall–Kier alpha value is -3.21. The molecule has 0 aliphatic carbocycles. The largest absolute Gasteiger partial charge is 0.437 e. The van der Waals surface area contributed by atoms with Gasteiger partial charge in [-0.3, -0.25) is 0 Å². The first-order chi connectivity index (χ1) is 10.9. The molecule has 0 unspecified atom stereocenters. The van der Waals surface area contributed by atoms with E-state index in [4.69, 9.17) is 4.42 Å². The molecule has 22 heavy (non-hydrogen) atoms. The van der Waals surface area contributed by atoms with E-state index < -0.39 is 0 Å². The van der Waals surface area contributed by atoms with Gasteiger partial charge in [-0.05, 0) is 35.9 Å². The van der Waals surface area contributed by atoms with Gasteiger partial charge in [-0.15, -0.1) is 5.10 Å². The molecule has 5 nitrogen and oxygen atoms in total. The third-order valence-electron chi connectivity index (χ3n) is 3.31. The van der Waals surface area contributed by atoms with Crippen molar-refractivity contribution in [1.29, 1.82) is 0 Å². The number of nitrogens with zero attached hydrogens (tertiary/aromatic N) is 4. The lowest BCUT2D eigenvalue weighted by Crippen LogP contribution is -1.94. The van der Waals surface area contributed by atoms with Crippen LogP contribution in [0.3, 0.4) is 0 Å². The molecule has 4 rings (SSSR count). The molecule has 2 aromatic heterocycles. The van der Waals surface area contributed by atoms with E-state index in [1.165, 1.54) is 0 Å².